The van der Waals surface area contributed by atoms with Crippen molar-refractivity contribution in [1.82, 2.24) is 14.8 Å². The molecule has 0 saturated heterocycles. The standard InChI is InChI=1S/C9H6F3N5O2/c10-9(11,12)5-3-14-16(4-5)7-2-1-6(17(18)19)8(13)15-7/h1-4H,(H2,13,15). The molecule has 0 atom stereocenters. The number of pyridine rings is 1. The fourth-order valence-corrected chi connectivity index (χ4v) is 1.33. The highest BCUT2D eigenvalue weighted by molar-refractivity contribution is 5.54. The Labute approximate surface area is 103 Å². The van der Waals surface area contributed by atoms with Crippen molar-refractivity contribution in [3.63, 3.8) is 0 Å². The van der Waals surface area contributed by atoms with Crippen molar-refractivity contribution in [2.24, 2.45) is 0 Å². The second kappa shape index (κ2) is 4.23. The van der Waals surface area contributed by atoms with E-state index in [2.05, 4.69) is 10.1 Å². The van der Waals surface area contributed by atoms with E-state index in [1.54, 1.807) is 0 Å². The fraction of sp³-hybridized carbons (Fsp3) is 0.111. The Morgan fingerprint density at radius 3 is 2.53 bits per heavy atom. The summed E-state index contributed by atoms with van der Waals surface area (Å²) in [5, 5.41) is 14.0. The maximum Gasteiger partial charge on any atom is 0.419 e. The minimum Gasteiger partial charge on any atom is -0.378 e. The lowest BCUT2D eigenvalue weighted by Crippen LogP contribution is -2.05. The normalized spacial score (nSPS) is 11.5. The van der Waals surface area contributed by atoms with Crippen LogP contribution in [0.25, 0.3) is 5.82 Å². The van der Waals surface area contributed by atoms with Crippen LogP contribution >= 0.6 is 0 Å². The molecule has 2 N–H and O–H groups in total. The lowest BCUT2D eigenvalue weighted by atomic mass is 10.3. The minimum atomic E-state index is -4.52. The number of aromatic nitrogens is 3. The highest BCUT2D eigenvalue weighted by Crippen LogP contribution is 2.29. The zero-order valence-electron chi connectivity index (χ0n) is 9.13. The third kappa shape index (κ3) is 2.46. The Bertz CT molecular complexity index is 637. The van der Waals surface area contributed by atoms with Gasteiger partial charge in [0.05, 0.1) is 16.7 Å². The van der Waals surface area contributed by atoms with Gasteiger partial charge >= 0.3 is 11.9 Å². The Morgan fingerprint density at radius 1 is 1.37 bits per heavy atom. The van der Waals surface area contributed by atoms with E-state index in [0.717, 1.165) is 16.8 Å². The predicted octanol–water partition coefficient (Wildman–Crippen LogP) is 1.78. The molecule has 0 amide bonds. The molecule has 2 heterocycles. The molecule has 0 bridgehead atoms. The quantitative estimate of drug-likeness (QED) is 0.664. The third-order valence-corrected chi connectivity index (χ3v) is 2.23. The highest BCUT2D eigenvalue weighted by atomic mass is 19.4. The molecule has 7 nitrogen and oxygen atoms in total. The molecule has 0 unspecified atom stereocenters. The van der Waals surface area contributed by atoms with Gasteiger partial charge in [0.1, 0.15) is 0 Å². The van der Waals surface area contributed by atoms with Crippen LogP contribution in [0.15, 0.2) is 24.5 Å². The molecular formula is C9H6F3N5O2. The van der Waals surface area contributed by atoms with Crippen LogP contribution in [-0.2, 0) is 6.18 Å². The van der Waals surface area contributed by atoms with Crippen molar-refractivity contribution in [1.29, 1.82) is 0 Å². The van der Waals surface area contributed by atoms with Gasteiger partial charge in [0.25, 0.3) is 0 Å². The van der Waals surface area contributed by atoms with Crippen LogP contribution in [0, 0.1) is 10.1 Å². The molecule has 0 aliphatic rings. The van der Waals surface area contributed by atoms with E-state index < -0.39 is 28.2 Å². The monoisotopic (exact) mass is 273 g/mol. The van der Waals surface area contributed by atoms with E-state index in [9.17, 15) is 23.3 Å². The van der Waals surface area contributed by atoms with Gasteiger partial charge in [-0.25, -0.2) is 9.67 Å². The molecule has 0 fully saturated rings. The largest absolute Gasteiger partial charge is 0.419 e. The molecular weight excluding hydrogens is 267 g/mol. The molecule has 2 rings (SSSR count). The smallest absolute Gasteiger partial charge is 0.378 e. The van der Waals surface area contributed by atoms with Gasteiger partial charge in [-0.2, -0.15) is 18.3 Å². The second-order valence-corrected chi connectivity index (χ2v) is 3.50. The minimum absolute atomic E-state index is 0.0430. The first kappa shape index (κ1) is 12.8. The number of nitrogen functional groups attached to an aromatic ring is 1. The van der Waals surface area contributed by atoms with E-state index >= 15 is 0 Å². The van der Waals surface area contributed by atoms with Crippen LogP contribution in [0.2, 0.25) is 0 Å². The molecule has 2 aromatic heterocycles. The van der Waals surface area contributed by atoms with Crippen LogP contribution < -0.4 is 5.73 Å². The number of alkyl halides is 3. The van der Waals surface area contributed by atoms with E-state index in [1.807, 2.05) is 0 Å². The second-order valence-electron chi connectivity index (χ2n) is 3.50. The van der Waals surface area contributed by atoms with Gasteiger partial charge < -0.3 is 5.73 Å². The van der Waals surface area contributed by atoms with Crippen LogP contribution in [0.1, 0.15) is 5.56 Å². The number of rotatable bonds is 2. The van der Waals surface area contributed by atoms with E-state index in [4.69, 9.17) is 5.73 Å². The summed E-state index contributed by atoms with van der Waals surface area (Å²) >= 11 is 0. The van der Waals surface area contributed by atoms with Gasteiger partial charge in [-0.05, 0) is 6.07 Å². The SMILES string of the molecule is Nc1nc(-n2cc(C(F)(F)F)cn2)ccc1[N+](=O)[O-]. The van der Waals surface area contributed by atoms with Crippen molar-refractivity contribution in [3.8, 4) is 5.82 Å². The van der Waals surface area contributed by atoms with Crippen molar-refractivity contribution >= 4 is 11.5 Å². The molecule has 2 aromatic rings. The molecule has 0 saturated carbocycles. The number of halogens is 3. The Hall–Kier alpha value is -2.65. The number of nitro groups is 1. The van der Waals surface area contributed by atoms with Gasteiger partial charge in [0, 0.05) is 12.3 Å². The van der Waals surface area contributed by atoms with E-state index in [-0.39, 0.29) is 5.82 Å². The summed E-state index contributed by atoms with van der Waals surface area (Å²) in [5.74, 6) is -0.440. The zero-order chi connectivity index (χ0) is 14.2. The zero-order valence-corrected chi connectivity index (χ0v) is 9.13. The lowest BCUT2D eigenvalue weighted by Gasteiger charge is -2.03. The summed E-state index contributed by atoms with van der Waals surface area (Å²) in [4.78, 5) is 13.4. The molecule has 19 heavy (non-hydrogen) atoms. The summed E-state index contributed by atoms with van der Waals surface area (Å²) < 4.78 is 38.0. The third-order valence-electron chi connectivity index (χ3n) is 2.23. The van der Waals surface area contributed by atoms with Gasteiger partial charge in [0.2, 0.25) is 5.82 Å². The maximum atomic E-state index is 12.4. The van der Waals surface area contributed by atoms with Crippen molar-refractivity contribution in [3.05, 3.63) is 40.2 Å². The molecule has 0 spiro atoms. The number of hydrogen-bond donors (Lipinski definition) is 1. The number of nitrogens with two attached hydrogens (primary N) is 1. The maximum absolute atomic E-state index is 12.4. The average molecular weight is 273 g/mol. The van der Waals surface area contributed by atoms with E-state index in [0.29, 0.717) is 12.4 Å². The number of anilines is 1. The molecule has 10 heteroatoms. The molecule has 0 aliphatic carbocycles. The Kier molecular flexibility index (Phi) is 2.85. The van der Waals surface area contributed by atoms with Gasteiger partial charge in [-0.15, -0.1) is 0 Å². The molecule has 0 aliphatic heterocycles. The average Bonchev–Trinajstić information content (AvgIpc) is 2.76. The summed E-state index contributed by atoms with van der Waals surface area (Å²) in [5.41, 5.74) is 3.96. The number of nitrogens with zero attached hydrogens (tertiary/aromatic N) is 4. The van der Waals surface area contributed by atoms with Crippen LogP contribution in [-0.4, -0.2) is 19.7 Å². The first-order valence-electron chi connectivity index (χ1n) is 4.82. The summed E-state index contributed by atoms with van der Waals surface area (Å²) in [6.45, 7) is 0. The summed E-state index contributed by atoms with van der Waals surface area (Å²) in [7, 11) is 0. The van der Waals surface area contributed by atoms with Gasteiger partial charge in [-0.3, -0.25) is 10.1 Å². The Balaban J connectivity index is 2.40. The molecule has 100 valence electrons. The van der Waals surface area contributed by atoms with Crippen molar-refractivity contribution in [2.75, 3.05) is 5.73 Å². The fourth-order valence-electron chi connectivity index (χ4n) is 1.33. The molecule has 0 aromatic carbocycles. The first-order valence-corrected chi connectivity index (χ1v) is 4.82. The van der Waals surface area contributed by atoms with Gasteiger partial charge in [-0.1, -0.05) is 0 Å². The van der Waals surface area contributed by atoms with Crippen LogP contribution in [0.5, 0.6) is 0 Å². The van der Waals surface area contributed by atoms with Crippen molar-refractivity contribution in [2.45, 2.75) is 6.18 Å². The summed E-state index contributed by atoms with van der Waals surface area (Å²) in [6, 6.07) is 2.20. The lowest BCUT2D eigenvalue weighted by molar-refractivity contribution is -0.384. The predicted molar refractivity (Wildman–Crippen MR) is 57.4 cm³/mol. The van der Waals surface area contributed by atoms with E-state index in [1.165, 1.54) is 0 Å². The first-order chi connectivity index (χ1) is 8.79. The van der Waals surface area contributed by atoms with Crippen LogP contribution in [0.4, 0.5) is 24.7 Å². The Morgan fingerprint density at radius 2 is 2.05 bits per heavy atom. The summed E-state index contributed by atoms with van der Waals surface area (Å²) in [6.07, 6.45) is -3.18. The number of hydrogen-bond acceptors (Lipinski definition) is 5. The van der Waals surface area contributed by atoms with Gasteiger partial charge in [0.15, 0.2) is 5.82 Å². The highest BCUT2D eigenvalue weighted by Gasteiger charge is 2.32. The topological polar surface area (TPSA) is 99.9 Å². The molecule has 0 radical (unpaired) electrons. The van der Waals surface area contributed by atoms with Crippen molar-refractivity contribution < 1.29 is 18.1 Å². The van der Waals surface area contributed by atoms with Crippen LogP contribution in [0.3, 0.4) is 0 Å².